The molecule has 7 nitrogen and oxygen atoms in total. The minimum atomic E-state index is -3.53. The molecule has 0 aromatic heterocycles. The molecule has 1 aliphatic rings. The highest BCUT2D eigenvalue weighted by Crippen LogP contribution is 2.28. The lowest BCUT2D eigenvalue weighted by atomic mass is 10.0. The number of piperazine rings is 1. The Labute approximate surface area is 188 Å². The quantitative estimate of drug-likeness (QED) is 0.418. The van der Waals surface area contributed by atoms with Crippen molar-refractivity contribution in [1.29, 1.82) is 0 Å². The van der Waals surface area contributed by atoms with E-state index in [-0.39, 0.29) is 10.6 Å². The van der Waals surface area contributed by atoms with Gasteiger partial charge < -0.3 is 4.90 Å². The number of nitrogens with zero attached hydrogens (tertiary/aromatic N) is 3. The standard InChI is InChI=1S/C24H25N3O4S/c1-19-7-10-23(11-8-19)32(30,31)26-15-13-25(14-16-26)22-9-12-24(27(28)29)21(18-22)17-20-5-3-2-4-6-20/h2-12,18H,13-17H2,1H3. The Morgan fingerprint density at radius 2 is 1.56 bits per heavy atom. The van der Waals surface area contributed by atoms with Gasteiger partial charge in [0, 0.05) is 49.9 Å². The maximum Gasteiger partial charge on any atom is 0.273 e. The fourth-order valence-corrected chi connectivity index (χ4v) is 5.37. The van der Waals surface area contributed by atoms with Crippen molar-refractivity contribution in [2.45, 2.75) is 18.2 Å². The highest BCUT2D eigenvalue weighted by Gasteiger charge is 2.29. The maximum absolute atomic E-state index is 13.0. The van der Waals surface area contributed by atoms with Crippen LogP contribution in [0.2, 0.25) is 0 Å². The van der Waals surface area contributed by atoms with Crippen LogP contribution in [0.5, 0.6) is 0 Å². The van der Waals surface area contributed by atoms with Crippen molar-refractivity contribution in [2.24, 2.45) is 0 Å². The minimum absolute atomic E-state index is 0.0955. The number of nitro benzene ring substituents is 1. The molecule has 32 heavy (non-hydrogen) atoms. The number of hydrogen-bond acceptors (Lipinski definition) is 5. The van der Waals surface area contributed by atoms with Gasteiger partial charge in [0.1, 0.15) is 0 Å². The van der Waals surface area contributed by atoms with Crippen molar-refractivity contribution in [2.75, 3.05) is 31.1 Å². The van der Waals surface area contributed by atoms with E-state index in [4.69, 9.17) is 0 Å². The number of anilines is 1. The van der Waals surface area contributed by atoms with Crippen LogP contribution >= 0.6 is 0 Å². The third-order valence-electron chi connectivity index (χ3n) is 5.76. The molecule has 166 valence electrons. The van der Waals surface area contributed by atoms with Crippen molar-refractivity contribution >= 4 is 21.4 Å². The number of hydrogen-bond donors (Lipinski definition) is 0. The van der Waals surface area contributed by atoms with E-state index in [1.54, 1.807) is 36.4 Å². The summed E-state index contributed by atoms with van der Waals surface area (Å²) < 4.78 is 27.4. The number of nitro groups is 1. The van der Waals surface area contributed by atoms with Crippen LogP contribution in [0.3, 0.4) is 0 Å². The molecule has 0 amide bonds. The fourth-order valence-electron chi connectivity index (χ4n) is 3.95. The minimum Gasteiger partial charge on any atom is -0.369 e. The van der Waals surface area contributed by atoms with Crippen LogP contribution in [-0.2, 0) is 16.4 Å². The first kappa shape index (κ1) is 22.0. The Bertz CT molecular complexity index is 1200. The third-order valence-corrected chi connectivity index (χ3v) is 7.67. The Morgan fingerprint density at radius 1 is 0.906 bits per heavy atom. The van der Waals surface area contributed by atoms with Gasteiger partial charge in [-0.15, -0.1) is 0 Å². The average molecular weight is 452 g/mol. The maximum atomic E-state index is 13.0. The molecule has 1 fully saturated rings. The summed E-state index contributed by atoms with van der Waals surface area (Å²) in [5, 5.41) is 11.5. The van der Waals surface area contributed by atoms with E-state index in [1.165, 1.54) is 4.31 Å². The Balaban J connectivity index is 1.51. The predicted octanol–water partition coefficient (Wildman–Crippen LogP) is 4.00. The lowest BCUT2D eigenvalue weighted by Crippen LogP contribution is -2.48. The molecule has 0 radical (unpaired) electrons. The summed E-state index contributed by atoms with van der Waals surface area (Å²) in [7, 11) is -3.53. The van der Waals surface area contributed by atoms with Gasteiger partial charge in [-0.25, -0.2) is 8.42 Å². The van der Waals surface area contributed by atoms with Crippen molar-refractivity contribution in [1.82, 2.24) is 4.31 Å². The Morgan fingerprint density at radius 3 is 2.19 bits per heavy atom. The van der Waals surface area contributed by atoms with Gasteiger partial charge in [0.05, 0.1) is 9.82 Å². The summed E-state index contributed by atoms with van der Waals surface area (Å²) in [6, 6.07) is 21.7. The van der Waals surface area contributed by atoms with Gasteiger partial charge >= 0.3 is 0 Å². The van der Waals surface area contributed by atoms with E-state index in [1.807, 2.05) is 43.3 Å². The smallest absolute Gasteiger partial charge is 0.273 e. The van der Waals surface area contributed by atoms with Crippen molar-refractivity contribution < 1.29 is 13.3 Å². The first-order valence-electron chi connectivity index (χ1n) is 10.5. The molecule has 0 N–H and O–H groups in total. The summed E-state index contributed by atoms with van der Waals surface area (Å²) in [4.78, 5) is 13.6. The first-order valence-corrected chi connectivity index (χ1v) is 11.9. The lowest BCUT2D eigenvalue weighted by Gasteiger charge is -2.35. The third kappa shape index (κ3) is 4.66. The monoisotopic (exact) mass is 451 g/mol. The average Bonchev–Trinajstić information content (AvgIpc) is 2.80. The van der Waals surface area contributed by atoms with Crippen molar-refractivity contribution in [3.8, 4) is 0 Å². The molecule has 4 rings (SSSR count). The molecule has 0 aliphatic carbocycles. The summed E-state index contributed by atoms with van der Waals surface area (Å²) in [6.45, 7) is 3.69. The zero-order chi connectivity index (χ0) is 22.7. The number of rotatable bonds is 6. The highest BCUT2D eigenvalue weighted by atomic mass is 32.2. The van der Waals surface area contributed by atoms with E-state index >= 15 is 0 Å². The largest absolute Gasteiger partial charge is 0.369 e. The van der Waals surface area contributed by atoms with Gasteiger partial charge in [0.2, 0.25) is 10.0 Å². The lowest BCUT2D eigenvalue weighted by molar-refractivity contribution is -0.385. The molecule has 0 atom stereocenters. The first-order chi connectivity index (χ1) is 15.3. The van der Waals surface area contributed by atoms with Gasteiger partial charge in [-0.1, -0.05) is 48.0 Å². The molecule has 8 heteroatoms. The van der Waals surface area contributed by atoms with Gasteiger partial charge in [0.25, 0.3) is 5.69 Å². The zero-order valence-corrected chi connectivity index (χ0v) is 18.7. The molecular weight excluding hydrogens is 426 g/mol. The second-order valence-corrected chi connectivity index (χ2v) is 9.87. The molecule has 0 bridgehead atoms. The van der Waals surface area contributed by atoms with Gasteiger partial charge in [-0.05, 0) is 36.8 Å². The van der Waals surface area contributed by atoms with E-state index in [0.29, 0.717) is 43.1 Å². The Hall–Kier alpha value is -3.23. The molecule has 1 aliphatic heterocycles. The van der Waals surface area contributed by atoms with Gasteiger partial charge in [-0.2, -0.15) is 4.31 Å². The molecule has 1 heterocycles. The van der Waals surface area contributed by atoms with Gasteiger partial charge in [-0.3, -0.25) is 10.1 Å². The van der Waals surface area contributed by atoms with Crippen LogP contribution in [0.25, 0.3) is 0 Å². The summed E-state index contributed by atoms with van der Waals surface area (Å²) in [6.07, 6.45) is 0.465. The normalized spacial score (nSPS) is 15.0. The van der Waals surface area contributed by atoms with Crippen LogP contribution in [0.1, 0.15) is 16.7 Å². The summed E-state index contributed by atoms with van der Waals surface area (Å²) >= 11 is 0. The molecule has 0 spiro atoms. The van der Waals surface area contributed by atoms with Gasteiger partial charge in [0.15, 0.2) is 0 Å². The molecular formula is C24H25N3O4S. The molecule has 3 aromatic carbocycles. The van der Waals surface area contributed by atoms with Crippen LogP contribution in [-0.4, -0.2) is 43.8 Å². The second kappa shape index (κ2) is 9.10. The van der Waals surface area contributed by atoms with Crippen LogP contribution in [0, 0.1) is 17.0 Å². The predicted molar refractivity (Wildman–Crippen MR) is 124 cm³/mol. The topological polar surface area (TPSA) is 83.8 Å². The molecule has 3 aromatic rings. The van der Waals surface area contributed by atoms with Crippen molar-refractivity contribution in [3.63, 3.8) is 0 Å². The number of sulfonamides is 1. The summed E-state index contributed by atoms with van der Waals surface area (Å²) in [5.41, 5.74) is 3.63. The Kier molecular flexibility index (Phi) is 6.25. The van der Waals surface area contributed by atoms with E-state index in [9.17, 15) is 18.5 Å². The summed E-state index contributed by atoms with van der Waals surface area (Å²) in [5.74, 6) is 0. The highest BCUT2D eigenvalue weighted by molar-refractivity contribution is 7.89. The second-order valence-electron chi connectivity index (χ2n) is 7.94. The molecule has 0 unspecified atom stereocenters. The number of benzene rings is 3. The van der Waals surface area contributed by atoms with Crippen LogP contribution in [0.4, 0.5) is 11.4 Å². The zero-order valence-electron chi connectivity index (χ0n) is 17.8. The number of aryl methyl sites for hydroxylation is 1. The van der Waals surface area contributed by atoms with E-state index in [0.717, 1.165) is 16.8 Å². The molecule has 0 saturated carbocycles. The fraction of sp³-hybridized carbons (Fsp3) is 0.250. The van der Waals surface area contributed by atoms with E-state index < -0.39 is 10.0 Å². The van der Waals surface area contributed by atoms with E-state index in [2.05, 4.69) is 4.90 Å². The van der Waals surface area contributed by atoms with Crippen molar-refractivity contribution in [3.05, 3.63) is 99.6 Å². The van der Waals surface area contributed by atoms with Crippen LogP contribution < -0.4 is 4.90 Å². The SMILES string of the molecule is Cc1ccc(S(=O)(=O)N2CCN(c3ccc([N+](=O)[O-])c(Cc4ccccc4)c3)CC2)cc1. The molecule has 1 saturated heterocycles. The van der Waals surface area contributed by atoms with Crippen LogP contribution in [0.15, 0.2) is 77.7 Å².